The van der Waals surface area contributed by atoms with Crippen molar-refractivity contribution in [1.82, 2.24) is 9.29 Å². The maximum Gasteiger partial charge on any atom is 0.286 e. The Morgan fingerprint density at radius 2 is 2.06 bits per heavy atom. The molecule has 3 aromatic rings. The fourth-order valence-electron chi connectivity index (χ4n) is 9.39. The van der Waals surface area contributed by atoms with Crippen molar-refractivity contribution in [3.05, 3.63) is 93.8 Å². The zero-order chi connectivity index (χ0) is 35.6. The first-order valence-electron chi connectivity index (χ1n) is 18.6. The lowest BCUT2D eigenvalue weighted by Crippen LogP contribution is -2.49. The van der Waals surface area contributed by atoms with Crippen LogP contribution in [0.3, 0.4) is 0 Å². The van der Waals surface area contributed by atoms with Gasteiger partial charge in [0, 0.05) is 54.6 Å². The molecular formula is C40H45ClN4O6S. The number of carbonyl (C=O) groups is 2. The fraction of sp³-hybridized carbons (Fsp3) is 0.500. The Bertz CT molecular complexity index is 2070. The van der Waals surface area contributed by atoms with E-state index in [0.717, 1.165) is 54.5 Å². The predicted molar refractivity (Wildman–Crippen MR) is 199 cm³/mol. The van der Waals surface area contributed by atoms with Crippen molar-refractivity contribution in [3.8, 4) is 5.75 Å². The summed E-state index contributed by atoms with van der Waals surface area (Å²) in [6, 6.07) is 13.5. The first-order valence-corrected chi connectivity index (χ1v) is 20.7. The molecule has 6 aliphatic rings. The van der Waals surface area contributed by atoms with E-state index in [1.807, 2.05) is 22.8 Å². The SMILES string of the molecule is CO[C@H]1/C=C\CCCS(=O)(NC(=O)c2cc3n(c2)CCOC3)=NC(=O)c2ccc3c(c2)N(C[C@@H]2CC[C@H]21)C[C@]1(CO3)C[C@@H]2C[C@@H]2c2cc(Cl)ccc21. The van der Waals surface area contributed by atoms with Crippen LogP contribution in [0.1, 0.15) is 82.0 Å². The topological polar surface area (TPSA) is 111 Å². The summed E-state index contributed by atoms with van der Waals surface area (Å²) in [6.45, 7) is 3.67. The van der Waals surface area contributed by atoms with E-state index in [0.29, 0.717) is 74.0 Å². The molecule has 1 spiro atoms. The molecule has 2 aromatic carbocycles. The van der Waals surface area contributed by atoms with Gasteiger partial charge in [-0.2, -0.15) is 0 Å². The number of anilines is 1. The van der Waals surface area contributed by atoms with Crippen LogP contribution in [0, 0.1) is 17.8 Å². The van der Waals surface area contributed by atoms with E-state index in [2.05, 4.69) is 38.3 Å². The van der Waals surface area contributed by atoms with Crippen LogP contribution in [0.5, 0.6) is 5.75 Å². The molecule has 1 N–H and O–H groups in total. The van der Waals surface area contributed by atoms with Crippen molar-refractivity contribution in [3.63, 3.8) is 0 Å². The van der Waals surface area contributed by atoms with E-state index in [4.69, 9.17) is 25.8 Å². The maximum atomic E-state index is 14.5. The lowest BCUT2D eigenvalue weighted by atomic mass is 9.68. The summed E-state index contributed by atoms with van der Waals surface area (Å²) in [7, 11) is -1.71. The van der Waals surface area contributed by atoms with Gasteiger partial charge in [-0.3, -0.25) is 14.3 Å². The Morgan fingerprint density at radius 3 is 2.88 bits per heavy atom. The van der Waals surface area contributed by atoms with E-state index < -0.39 is 21.7 Å². The van der Waals surface area contributed by atoms with E-state index in [-0.39, 0.29) is 17.3 Å². The highest BCUT2D eigenvalue weighted by atomic mass is 35.5. The number of halogens is 1. The molecule has 1 aromatic heterocycles. The minimum absolute atomic E-state index is 0.0312. The number of hydrogen-bond acceptors (Lipinski definition) is 7. The van der Waals surface area contributed by atoms with Gasteiger partial charge in [0.1, 0.15) is 15.7 Å². The quantitative estimate of drug-likeness (QED) is 0.299. The summed E-state index contributed by atoms with van der Waals surface area (Å²) in [5, 5.41) is 0.766. The average Bonchev–Trinajstić information content (AvgIpc) is 3.80. The second-order valence-corrected chi connectivity index (χ2v) is 18.1. The van der Waals surface area contributed by atoms with Gasteiger partial charge in [-0.25, -0.2) is 4.21 Å². The van der Waals surface area contributed by atoms with Crippen LogP contribution in [-0.4, -0.2) is 65.9 Å². The summed E-state index contributed by atoms with van der Waals surface area (Å²) in [6.07, 6.45) is 11.4. The molecule has 52 heavy (non-hydrogen) atoms. The number of rotatable bonds is 3. The average molecular weight is 745 g/mol. The number of carbonyl (C=O) groups excluding carboxylic acids is 2. The third kappa shape index (κ3) is 6.27. The van der Waals surface area contributed by atoms with E-state index in [1.54, 1.807) is 25.4 Å². The van der Waals surface area contributed by atoms with Crippen LogP contribution in [0.15, 0.2) is 65.2 Å². The van der Waals surface area contributed by atoms with Crippen LogP contribution in [0.4, 0.5) is 5.69 Å². The second kappa shape index (κ2) is 13.3. The van der Waals surface area contributed by atoms with E-state index in [1.165, 1.54) is 17.5 Å². The van der Waals surface area contributed by atoms with Crippen LogP contribution in [-0.2, 0) is 38.0 Å². The summed E-state index contributed by atoms with van der Waals surface area (Å²) in [4.78, 5) is 29.9. The lowest BCUT2D eigenvalue weighted by molar-refractivity contribution is 0.0131. The molecule has 2 amide bonds. The molecule has 2 fully saturated rings. The molecule has 9 rings (SSSR count). The Hall–Kier alpha value is -3.64. The minimum Gasteiger partial charge on any atom is -0.490 e. The molecule has 2 bridgehead atoms. The molecular weight excluding hydrogens is 700 g/mol. The fourth-order valence-corrected chi connectivity index (χ4v) is 11.1. The predicted octanol–water partition coefficient (Wildman–Crippen LogP) is 6.66. The third-order valence-corrected chi connectivity index (χ3v) is 14.3. The van der Waals surface area contributed by atoms with Crippen molar-refractivity contribution in [1.29, 1.82) is 0 Å². The summed E-state index contributed by atoms with van der Waals surface area (Å²) in [5.41, 5.74) is 4.81. The zero-order valence-electron chi connectivity index (χ0n) is 29.4. The van der Waals surface area contributed by atoms with Gasteiger partial charge in [0.15, 0.2) is 0 Å². The number of nitrogens with one attached hydrogen (secondary N) is 1. The third-order valence-electron chi connectivity index (χ3n) is 12.3. The van der Waals surface area contributed by atoms with Crippen LogP contribution >= 0.6 is 11.6 Å². The number of fused-ring (bicyclic) bond motifs is 7. The van der Waals surface area contributed by atoms with Crippen LogP contribution in [0.25, 0.3) is 0 Å². The maximum absolute atomic E-state index is 14.5. The Kier molecular flexibility index (Phi) is 8.76. The van der Waals surface area contributed by atoms with Crippen molar-refractivity contribution in [2.75, 3.05) is 44.1 Å². The minimum atomic E-state index is -3.48. The van der Waals surface area contributed by atoms with Gasteiger partial charge >= 0.3 is 0 Å². The smallest absolute Gasteiger partial charge is 0.286 e. The molecule has 12 heteroatoms. The van der Waals surface area contributed by atoms with Gasteiger partial charge in [0.2, 0.25) is 0 Å². The molecule has 4 heterocycles. The highest BCUT2D eigenvalue weighted by molar-refractivity contribution is 7.92. The molecule has 3 aliphatic heterocycles. The summed E-state index contributed by atoms with van der Waals surface area (Å²) >= 11 is 6.54. The van der Waals surface area contributed by atoms with Crippen molar-refractivity contribution in [2.45, 2.75) is 69.1 Å². The standard InChI is InChI=1S/C40H45ClN4O6S/c1-49-36-5-3-2-4-14-52(48,43-39(47)28-15-30-22-50-13-12-44(30)21-28)42-38(46)25-7-11-37-35(17-25)45(20-26-6-9-31(26)36)23-40(24-51-37)19-27-16-32(27)33-18-29(41)8-10-34(33)40/h3,5,7-8,10-11,15,17-18,21,26-27,31-32,36H,2,4,6,9,12-14,16,19-20,22-24H2,1H3,(H,42,43,46,47,48)/b5-3-/t26-,27-,31+,32-,36-,40-,52?/m0/s1. The highest BCUT2D eigenvalue weighted by Crippen LogP contribution is 2.61. The Morgan fingerprint density at radius 1 is 1.15 bits per heavy atom. The lowest BCUT2D eigenvalue weighted by Gasteiger charge is -2.46. The van der Waals surface area contributed by atoms with Gasteiger partial charge in [-0.05, 0) is 110 Å². The first-order chi connectivity index (χ1) is 25.2. The normalized spacial score (nSPS) is 32.8. The monoisotopic (exact) mass is 744 g/mol. The van der Waals surface area contributed by atoms with Gasteiger partial charge < -0.3 is 23.7 Å². The van der Waals surface area contributed by atoms with E-state index in [9.17, 15) is 13.8 Å². The van der Waals surface area contributed by atoms with E-state index >= 15 is 0 Å². The Balaban J connectivity index is 1.09. The number of benzene rings is 2. The van der Waals surface area contributed by atoms with Gasteiger partial charge in [0.25, 0.3) is 11.8 Å². The highest BCUT2D eigenvalue weighted by Gasteiger charge is 2.54. The van der Waals surface area contributed by atoms with Crippen molar-refractivity contribution in [2.24, 2.45) is 22.1 Å². The van der Waals surface area contributed by atoms with Crippen LogP contribution < -0.4 is 14.4 Å². The number of amides is 2. The molecule has 2 saturated carbocycles. The van der Waals surface area contributed by atoms with Gasteiger partial charge in [-0.1, -0.05) is 29.8 Å². The van der Waals surface area contributed by atoms with Crippen LogP contribution in [0.2, 0.25) is 5.02 Å². The summed E-state index contributed by atoms with van der Waals surface area (Å²) < 4.78 is 41.7. The number of hydrogen-bond donors (Lipinski definition) is 1. The number of methoxy groups -OCH3 is 1. The molecule has 1 unspecified atom stereocenters. The number of ether oxygens (including phenoxy) is 3. The molecule has 7 atom stereocenters. The Labute approximate surface area is 310 Å². The largest absolute Gasteiger partial charge is 0.490 e. The van der Waals surface area contributed by atoms with Crippen molar-refractivity contribution >= 4 is 39.0 Å². The number of nitrogens with zero attached hydrogens (tertiary/aromatic N) is 3. The van der Waals surface area contributed by atoms with Gasteiger partial charge in [-0.15, -0.1) is 4.36 Å². The van der Waals surface area contributed by atoms with Gasteiger partial charge in [0.05, 0.1) is 42.9 Å². The second-order valence-electron chi connectivity index (χ2n) is 15.6. The zero-order valence-corrected chi connectivity index (χ0v) is 31.0. The number of aromatic nitrogens is 1. The van der Waals surface area contributed by atoms with Crippen molar-refractivity contribution < 1.29 is 28.0 Å². The first kappa shape index (κ1) is 34.1. The molecule has 274 valence electrons. The molecule has 0 saturated heterocycles. The summed E-state index contributed by atoms with van der Waals surface area (Å²) in [5.74, 6) is 1.51. The molecule has 10 nitrogen and oxygen atoms in total. The number of allylic oxidation sites excluding steroid dienone is 1. The molecule has 0 radical (unpaired) electrons. The molecule has 3 aliphatic carbocycles.